The lowest BCUT2D eigenvalue weighted by Crippen LogP contribution is -2.37. The fourth-order valence-electron chi connectivity index (χ4n) is 0.350. The zero-order valence-electron chi connectivity index (χ0n) is 5.94. The first kappa shape index (κ1) is 10.6. The molecule has 0 heterocycles. The van der Waals surface area contributed by atoms with Crippen LogP contribution < -0.4 is 11.1 Å². The van der Waals surface area contributed by atoms with Gasteiger partial charge in [0.2, 0.25) is 0 Å². The van der Waals surface area contributed by atoms with E-state index < -0.39 is 15.4 Å². The van der Waals surface area contributed by atoms with Crippen LogP contribution in [0.25, 0.3) is 0 Å². The van der Waals surface area contributed by atoms with Gasteiger partial charge >= 0.3 is 0 Å². The third-order valence-electron chi connectivity index (χ3n) is 1.07. The third-order valence-corrected chi connectivity index (χ3v) is 2.40. The second-order valence-corrected chi connectivity index (χ2v) is 4.35. The fraction of sp³-hybridized carbons (Fsp3) is 0.750. The molecule has 0 rings (SSSR count). The molecule has 0 radical (unpaired) electrons. The van der Waals surface area contributed by atoms with Crippen molar-refractivity contribution in [2.75, 3.05) is 6.54 Å². The lowest BCUT2D eigenvalue weighted by molar-refractivity contribution is 0.469. The highest BCUT2D eigenvalue weighted by molar-refractivity contribution is 7.86. The van der Waals surface area contributed by atoms with Crippen LogP contribution in [0.5, 0.6) is 0 Å². The summed E-state index contributed by atoms with van der Waals surface area (Å²) in [6.45, 7) is 1.37. The first-order chi connectivity index (χ1) is 4.84. The molecule has 0 fully saturated rings. The van der Waals surface area contributed by atoms with Crippen molar-refractivity contribution >= 4 is 27.4 Å². The van der Waals surface area contributed by atoms with E-state index in [2.05, 4.69) is 17.5 Å². The van der Waals surface area contributed by atoms with Gasteiger partial charge in [-0.25, -0.2) is 0 Å². The van der Waals surface area contributed by atoms with E-state index in [-0.39, 0.29) is 11.7 Å². The highest BCUT2D eigenvalue weighted by Gasteiger charge is 2.16. The van der Waals surface area contributed by atoms with Crippen molar-refractivity contribution in [2.45, 2.75) is 12.2 Å². The van der Waals surface area contributed by atoms with Crippen molar-refractivity contribution in [1.82, 2.24) is 5.32 Å². The summed E-state index contributed by atoms with van der Waals surface area (Å²) < 4.78 is 29.2. The Balaban J connectivity index is 3.90. The summed E-state index contributed by atoms with van der Waals surface area (Å²) in [7, 11) is -3.98. The molecule has 0 aliphatic carbocycles. The molecule has 0 saturated heterocycles. The van der Waals surface area contributed by atoms with E-state index in [0.717, 1.165) is 0 Å². The normalized spacial score (nSPS) is 14.0. The predicted octanol–water partition coefficient (Wildman–Crippen LogP) is -0.904. The van der Waals surface area contributed by atoms with Gasteiger partial charge in [0.25, 0.3) is 10.1 Å². The molecule has 0 aliphatic rings. The third kappa shape index (κ3) is 4.93. The number of hydrogen-bond donors (Lipinski definition) is 3. The molecule has 0 aliphatic heterocycles. The zero-order chi connectivity index (χ0) is 9.07. The van der Waals surface area contributed by atoms with E-state index in [4.69, 9.17) is 10.3 Å². The maximum absolute atomic E-state index is 10.4. The Morgan fingerprint density at radius 3 is 2.55 bits per heavy atom. The van der Waals surface area contributed by atoms with Crippen LogP contribution in [0.2, 0.25) is 0 Å². The summed E-state index contributed by atoms with van der Waals surface area (Å²) in [5.41, 5.74) is 5.03. The molecule has 0 spiro atoms. The van der Waals surface area contributed by atoms with Gasteiger partial charge in [-0.1, -0.05) is 0 Å². The molecule has 4 N–H and O–H groups in total. The monoisotopic (exact) mass is 198 g/mol. The van der Waals surface area contributed by atoms with Crippen molar-refractivity contribution in [1.29, 1.82) is 0 Å². The molecule has 0 bridgehead atoms. The van der Waals surface area contributed by atoms with E-state index in [1.807, 2.05) is 0 Å². The second-order valence-electron chi connectivity index (χ2n) is 2.07. The van der Waals surface area contributed by atoms with E-state index in [1.165, 1.54) is 6.92 Å². The maximum atomic E-state index is 10.4. The van der Waals surface area contributed by atoms with Crippen LogP contribution in [-0.2, 0) is 10.1 Å². The summed E-state index contributed by atoms with van der Waals surface area (Å²) in [6.07, 6.45) is 0. The molecule has 1 unspecified atom stereocenters. The molecule has 0 aromatic carbocycles. The lowest BCUT2D eigenvalue weighted by Gasteiger charge is -2.08. The summed E-state index contributed by atoms with van der Waals surface area (Å²) in [4.78, 5) is 0. The van der Waals surface area contributed by atoms with Crippen molar-refractivity contribution < 1.29 is 13.0 Å². The van der Waals surface area contributed by atoms with E-state index in [0.29, 0.717) is 0 Å². The van der Waals surface area contributed by atoms with Crippen LogP contribution >= 0.6 is 12.2 Å². The smallest absolute Gasteiger partial charge is 0.269 e. The topological polar surface area (TPSA) is 92.4 Å². The van der Waals surface area contributed by atoms with Gasteiger partial charge in [0.05, 0.1) is 0 Å². The Morgan fingerprint density at radius 2 is 2.27 bits per heavy atom. The minimum absolute atomic E-state index is 0.0144. The molecule has 7 heteroatoms. The zero-order valence-corrected chi connectivity index (χ0v) is 7.58. The largest absolute Gasteiger partial charge is 0.376 e. The summed E-state index contributed by atoms with van der Waals surface area (Å²) >= 11 is 4.43. The number of rotatable bonds is 3. The van der Waals surface area contributed by atoms with Gasteiger partial charge < -0.3 is 11.1 Å². The Kier molecular flexibility index (Phi) is 3.70. The highest BCUT2D eigenvalue weighted by Crippen LogP contribution is 1.94. The van der Waals surface area contributed by atoms with Crippen molar-refractivity contribution in [3.05, 3.63) is 0 Å². The average molecular weight is 198 g/mol. The quantitative estimate of drug-likeness (QED) is 0.402. The van der Waals surface area contributed by atoms with Gasteiger partial charge in [-0.3, -0.25) is 4.55 Å². The molecule has 5 nitrogen and oxygen atoms in total. The average Bonchev–Trinajstić information content (AvgIpc) is 1.80. The first-order valence-electron chi connectivity index (χ1n) is 2.83. The van der Waals surface area contributed by atoms with Gasteiger partial charge in [0.1, 0.15) is 5.25 Å². The number of thiocarbonyl (C=S) groups is 1. The molecule has 0 amide bonds. The van der Waals surface area contributed by atoms with Crippen LogP contribution in [-0.4, -0.2) is 29.9 Å². The Bertz CT molecular complexity index is 236. The number of hydrogen-bond acceptors (Lipinski definition) is 3. The van der Waals surface area contributed by atoms with Gasteiger partial charge in [0.15, 0.2) is 5.11 Å². The summed E-state index contributed by atoms with van der Waals surface area (Å²) in [5, 5.41) is 1.54. The Hall–Kier alpha value is -0.400. The van der Waals surface area contributed by atoms with Crippen molar-refractivity contribution in [3.8, 4) is 0 Å². The van der Waals surface area contributed by atoms with Crippen LogP contribution in [0.1, 0.15) is 6.92 Å². The molecular weight excluding hydrogens is 188 g/mol. The lowest BCUT2D eigenvalue weighted by atomic mass is 10.5. The van der Waals surface area contributed by atoms with E-state index in [9.17, 15) is 8.42 Å². The van der Waals surface area contributed by atoms with E-state index >= 15 is 0 Å². The van der Waals surface area contributed by atoms with Gasteiger partial charge in [-0.15, -0.1) is 0 Å². The standard InChI is InChI=1S/C4H10N2O3S2/c1-3(11(7,8)9)2-6-4(5)10/h3H,2H2,1H3,(H3,5,6,10)(H,7,8,9). The van der Waals surface area contributed by atoms with Crippen LogP contribution in [0, 0.1) is 0 Å². The Labute approximate surface area is 70.7 Å². The first-order valence-corrected chi connectivity index (χ1v) is 4.75. The predicted molar refractivity (Wildman–Crippen MR) is 45.8 cm³/mol. The molecule has 0 saturated carbocycles. The Morgan fingerprint density at radius 1 is 1.82 bits per heavy atom. The van der Waals surface area contributed by atoms with Crippen LogP contribution in [0.4, 0.5) is 0 Å². The molecule has 1 atom stereocenters. The fourth-order valence-corrected chi connectivity index (χ4v) is 0.727. The molecule has 11 heavy (non-hydrogen) atoms. The van der Waals surface area contributed by atoms with Gasteiger partial charge in [-0.2, -0.15) is 8.42 Å². The molecule has 66 valence electrons. The van der Waals surface area contributed by atoms with E-state index in [1.54, 1.807) is 0 Å². The van der Waals surface area contributed by atoms with Gasteiger partial charge in [-0.05, 0) is 19.1 Å². The molecular formula is C4H10N2O3S2. The number of nitrogens with one attached hydrogen (secondary N) is 1. The molecule has 0 aromatic rings. The number of nitrogens with two attached hydrogens (primary N) is 1. The van der Waals surface area contributed by atoms with Gasteiger partial charge in [0, 0.05) is 6.54 Å². The summed E-state index contributed by atoms with van der Waals surface area (Å²) in [6, 6.07) is 0. The second kappa shape index (κ2) is 3.84. The molecule has 0 aromatic heterocycles. The minimum atomic E-state index is -3.98. The van der Waals surface area contributed by atoms with Crippen molar-refractivity contribution in [2.24, 2.45) is 5.73 Å². The highest BCUT2D eigenvalue weighted by atomic mass is 32.2. The van der Waals surface area contributed by atoms with Crippen LogP contribution in [0.15, 0.2) is 0 Å². The summed E-state index contributed by atoms with van der Waals surface area (Å²) in [5.74, 6) is 0. The van der Waals surface area contributed by atoms with Crippen molar-refractivity contribution in [3.63, 3.8) is 0 Å². The maximum Gasteiger partial charge on any atom is 0.269 e. The SMILES string of the molecule is CC(CNC(N)=S)S(=O)(=O)O. The minimum Gasteiger partial charge on any atom is -0.376 e. The van der Waals surface area contributed by atoms with Crippen LogP contribution in [0.3, 0.4) is 0 Å².